The van der Waals surface area contributed by atoms with Gasteiger partial charge in [-0.05, 0) is 6.92 Å². The molecule has 0 aromatic carbocycles. The number of hydrogen-bond donors (Lipinski definition) is 1. The van der Waals surface area contributed by atoms with Crippen LogP contribution in [-0.4, -0.2) is 10.8 Å². The summed E-state index contributed by atoms with van der Waals surface area (Å²) in [4.78, 5) is 0. The molecule has 0 fully saturated rings. The van der Waals surface area contributed by atoms with Gasteiger partial charge in [-0.25, -0.2) is 11.0 Å². The Balaban J connectivity index is 2.87. The first-order valence-corrected chi connectivity index (χ1v) is 3.31. The smallest absolute Gasteiger partial charge is 0.0464 e. The Bertz CT molecular complexity index is 191. The summed E-state index contributed by atoms with van der Waals surface area (Å²) in [6, 6.07) is 0. The summed E-state index contributed by atoms with van der Waals surface area (Å²) in [6.45, 7) is 6.19. The van der Waals surface area contributed by atoms with Gasteiger partial charge in [0.1, 0.15) is 0 Å². The SMILES string of the molecule is CC1=NN(N)C=CC1(C)C. The fraction of sp³-hybridized carbons (Fsp3) is 0.571. The van der Waals surface area contributed by atoms with Crippen molar-refractivity contribution in [2.75, 3.05) is 0 Å². The van der Waals surface area contributed by atoms with Crippen LogP contribution in [0.2, 0.25) is 0 Å². The zero-order valence-electron chi connectivity index (χ0n) is 6.63. The molecule has 0 aromatic rings. The molecule has 0 saturated heterocycles. The molecule has 0 saturated carbocycles. The van der Waals surface area contributed by atoms with Crippen molar-refractivity contribution in [3.8, 4) is 0 Å². The van der Waals surface area contributed by atoms with Crippen molar-refractivity contribution in [3.05, 3.63) is 12.3 Å². The molecule has 0 aliphatic carbocycles. The van der Waals surface area contributed by atoms with Crippen molar-refractivity contribution in [3.63, 3.8) is 0 Å². The van der Waals surface area contributed by atoms with Gasteiger partial charge in [0.05, 0.1) is 0 Å². The van der Waals surface area contributed by atoms with Gasteiger partial charge in [-0.15, -0.1) is 0 Å². The van der Waals surface area contributed by atoms with Crippen molar-refractivity contribution < 1.29 is 0 Å². The Kier molecular flexibility index (Phi) is 1.52. The maximum Gasteiger partial charge on any atom is 0.0464 e. The lowest BCUT2D eigenvalue weighted by Gasteiger charge is -2.26. The second kappa shape index (κ2) is 2.09. The van der Waals surface area contributed by atoms with E-state index >= 15 is 0 Å². The summed E-state index contributed by atoms with van der Waals surface area (Å²) in [7, 11) is 0. The molecule has 1 heterocycles. The number of allylic oxidation sites excluding steroid dienone is 1. The molecule has 0 amide bonds. The molecular weight excluding hydrogens is 126 g/mol. The van der Waals surface area contributed by atoms with E-state index < -0.39 is 0 Å². The molecule has 0 radical (unpaired) electrons. The highest BCUT2D eigenvalue weighted by Gasteiger charge is 2.21. The first-order chi connectivity index (χ1) is 4.52. The van der Waals surface area contributed by atoms with E-state index in [9.17, 15) is 0 Å². The number of nitrogens with zero attached hydrogens (tertiary/aromatic N) is 2. The Morgan fingerprint density at radius 3 is 2.60 bits per heavy atom. The van der Waals surface area contributed by atoms with Crippen molar-refractivity contribution in [2.45, 2.75) is 20.8 Å². The third-order valence-electron chi connectivity index (χ3n) is 1.84. The van der Waals surface area contributed by atoms with Crippen LogP contribution < -0.4 is 5.84 Å². The standard InChI is InChI=1S/C7H13N3/c1-6-7(2,3)4-5-10(8)9-6/h4-5H,8H2,1-3H3. The third-order valence-corrected chi connectivity index (χ3v) is 1.84. The van der Waals surface area contributed by atoms with E-state index in [-0.39, 0.29) is 5.41 Å². The minimum Gasteiger partial charge on any atom is -0.227 e. The molecule has 0 unspecified atom stereocenters. The highest BCUT2D eigenvalue weighted by Crippen LogP contribution is 2.22. The van der Waals surface area contributed by atoms with Gasteiger partial charge in [0.2, 0.25) is 0 Å². The molecule has 1 rings (SSSR count). The van der Waals surface area contributed by atoms with Crippen LogP contribution in [0.15, 0.2) is 17.4 Å². The van der Waals surface area contributed by atoms with Crippen LogP contribution in [0, 0.1) is 5.41 Å². The lowest BCUT2D eigenvalue weighted by atomic mass is 9.88. The Morgan fingerprint density at radius 2 is 2.20 bits per heavy atom. The van der Waals surface area contributed by atoms with E-state index in [1.165, 1.54) is 5.12 Å². The predicted octanol–water partition coefficient (Wildman–Crippen LogP) is 1.09. The minimum absolute atomic E-state index is 0.0653. The highest BCUT2D eigenvalue weighted by atomic mass is 15.6. The first kappa shape index (κ1) is 7.28. The van der Waals surface area contributed by atoms with Crippen molar-refractivity contribution in [1.82, 2.24) is 5.12 Å². The van der Waals surface area contributed by atoms with Crippen molar-refractivity contribution in [2.24, 2.45) is 16.4 Å². The molecule has 0 bridgehead atoms. The van der Waals surface area contributed by atoms with Gasteiger partial charge in [0.15, 0.2) is 0 Å². The molecule has 3 heteroatoms. The molecule has 3 nitrogen and oxygen atoms in total. The van der Waals surface area contributed by atoms with E-state index in [0.29, 0.717) is 0 Å². The summed E-state index contributed by atoms with van der Waals surface area (Å²) < 4.78 is 0. The van der Waals surface area contributed by atoms with Crippen LogP contribution in [0.25, 0.3) is 0 Å². The zero-order valence-corrected chi connectivity index (χ0v) is 6.63. The average molecular weight is 139 g/mol. The molecule has 0 spiro atoms. The summed E-state index contributed by atoms with van der Waals surface area (Å²) >= 11 is 0. The molecule has 10 heavy (non-hydrogen) atoms. The monoisotopic (exact) mass is 139 g/mol. The second-order valence-corrected chi connectivity index (χ2v) is 3.10. The molecular formula is C7H13N3. The van der Waals surface area contributed by atoms with E-state index in [1.54, 1.807) is 6.20 Å². The van der Waals surface area contributed by atoms with E-state index in [2.05, 4.69) is 18.9 Å². The molecule has 56 valence electrons. The maximum absolute atomic E-state index is 5.41. The van der Waals surface area contributed by atoms with E-state index in [0.717, 1.165) is 5.71 Å². The van der Waals surface area contributed by atoms with Crippen molar-refractivity contribution >= 4 is 5.71 Å². The molecule has 1 aliphatic heterocycles. The fourth-order valence-electron chi connectivity index (χ4n) is 0.719. The van der Waals surface area contributed by atoms with Gasteiger partial charge in [-0.1, -0.05) is 19.9 Å². The first-order valence-electron chi connectivity index (χ1n) is 3.31. The average Bonchev–Trinajstić information content (AvgIpc) is 1.81. The zero-order chi connectivity index (χ0) is 7.78. The predicted molar refractivity (Wildman–Crippen MR) is 42.1 cm³/mol. The number of rotatable bonds is 0. The molecule has 0 aromatic heterocycles. The molecule has 0 atom stereocenters. The minimum atomic E-state index is 0.0653. The van der Waals surface area contributed by atoms with Gasteiger partial charge in [-0.2, -0.15) is 5.10 Å². The Morgan fingerprint density at radius 1 is 1.60 bits per heavy atom. The van der Waals surface area contributed by atoms with Gasteiger partial charge in [-0.3, -0.25) is 0 Å². The molecule has 2 N–H and O–H groups in total. The summed E-state index contributed by atoms with van der Waals surface area (Å²) in [5.74, 6) is 5.41. The second-order valence-electron chi connectivity index (χ2n) is 3.10. The van der Waals surface area contributed by atoms with Crippen LogP contribution in [-0.2, 0) is 0 Å². The Labute approximate surface area is 61.2 Å². The normalized spacial score (nSPS) is 22.8. The van der Waals surface area contributed by atoms with E-state index in [4.69, 9.17) is 5.84 Å². The van der Waals surface area contributed by atoms with Crippen molar-refractivity contribution in [1.29, 1.82) is 0 Å². The third kappa shape index (κ3) is 1.19. The van der Waals surface area contributed by atoms with E-state index in [1.807, 2.05) is 13.0 Å². The lowest BCUT2D eigenvalue weighted by Crippen LogP contribution is -2.31. The fourth-order valence-corrected chi connectivity index (χ4v) is 0.719. The topological polar surface area (TPSA) is 41.6 Å². The quantitative estimate of drug-likeness (QED) is 0.510. The van der Waals surface area contributed by atoms with Crippen LogP contribution in [0.5, 0.6) is 0 Å². The van der Waals surface area contributed by atoms with Crippen LogP contribution in [0.4, 0.5) is 0 Å². The number of hydrogen-bond acceptors (Lipinski definition) is 3. The summed E-state index contributed by atoms with van der Waals surface area (Å²) in [6.07, 6.45) is 3.81. The van der Waals surface area contributed by atoms with Gasteiger partial charge >= 0.3 is 0 Å². The lowest BCUT2D eigenvalue weighted by molar-refractivity contribution is 0.392. The van der Waals surface area contributed by atoms with Gasteiger partial charge in [0, 0.05) is 17.3 Å². The van der Waals surface area contributed by atoms with Gasteiger partial charge in [0.25, 0.3) is 0 Å². The number of hydrazone groups is 1. The van der Waals surface area contributed by atoms with Crippen LogP contribution in [0.3, 0.4) is 0 Å². The summed E-state index contributed by atoms with van der Waals surface area (Å²) in [5.41, 5.74) is 1.10. The largest absolute Gasteiger partial charge is 0.227 e. The number of nitrogens with two attached hydrogens (primary N) is 1. The van der Waals surface area contributed by atoms with Gasteiger partial charge < -0.3 is 0 Å². The maximum atomic E-state index is 5.41. The van der Waals surface area contributed by atoms with Crippen LogP contribution >= 0.6 is 0 Å². The molecule has 1 aliphatic rings. The number of hydrazine groups is 1. The highest BCUT2D eigenvalue weighted by molar-refractivity contribution is 5.89. The summed E-state index contributed by atoms with van der Waals surface area (Å²) in [5, 5.41) is 5.41. The Hall–Kier alpha value is -0.830. The van der Waals surface area contributed by atoms with Crippen LogP contribution in [0.1, 0.15) is 20.8 Å².